The highest BCUT2D eigenvalue weighted by molar-refractivity contribution is 5.46. The highest BCUT2D eigenvalue weighted by Crippen LogP contribution is 2.15. The number of anilines is 1. The molecule has 1 heterocycles. The molecule has 18 heavy (non-hydrogen) atoms. The maximum Gasteiger partial charge on any atom is 0.123 e. The molecule has 96 valence electrons. The van der Waals surface area contributed by atoms with Crippen LogP contribution in [0.3, 0.4) is 0 Å². The summed E-state index contributed by atoms with van der Waals surface area (Å²) in [4.78, 5) is 0. The van der Waals surface area contributed by atoms with E-state index in [9.17, 15) is 8.78 Å². The van der Waals surface area contributed by atoms with E-state index >= 15 is 0 Å². The van der Waals surface area contributed by atoms with Gasteiger partial charge in [0, 0.05) is 6.54 Å². The number of halogens is 2. The van der Waals surface area contributed by atoms with Crippen LogP contribution in [-0.4, -0.2) is 16.5 Å². The van der Waals surface area contributed by atoms with Crippen molar-refractivity contribution in [2.75, 3.05) is 12.0 Å². The first-order chi connectivity index (χ1) is 8.70. The van der Waals surface area contributed by atoms with Crippen LogP contribution in [0.1, 0.15) is 11.3 Å². The quantitative estimate of drug-likeness (QED) is 0.885. The number of nitrogens with one attached hydrogen (secondary N) is 1. The van der Waals surface area contributed by atoms with E-state index in [0.29, 0.717) is 6.54 Å². The summed E-state index contributed by atoms with van der Waals surface area (Å²) in [5.74, 6) is -0.251. The van der Waals surface area contributed by atoms with Gasteiger partial charge in [-0.1, -0.05) is 12.1 Å². The lowest BCUT2D eigenvalue weighted by Crippen LogP contribution is -2.05. The van der Waals surface area contributed by atoms with Gasteiger partial charge < -0.3 is 5.32 Å². The summed E-state index contributed by atoms with van der Waals surface area (Å²) >= 11 is 0. The molecule has 1 aromatic heterocycles. The molecule has 0 aliphatic carbocycles. The van der Waals surface area contributed by atoms with Gasteiger partial charge in [0.1, 0.15) is 12.5 Å². The first-order valence-corrected chi connectivity index (χ1v) is 5.77. The van der Waals surface area contributed by atoms with E-state index in [4.69, 9.17) is 0 Å². The van der Waals surface area contributed by atoms with Crippen molar-refractivity contribution in [3.05, 3.63) is 47.5 Å². The molecule has 5 heteroatoms. The van der Waals surface area contributed by atoms with Gasteiger partial charge in [-0.25, -0.2) is 8.78 Å². The van der Waals surface area contributed by atoms with Crippen molar-refractivity contribution < 1.29 is 8.78 Å². The van der Waals surface area contributed by atoms with Crippen molar-refractivity contribution in [2.45, 2.75) is 20.0 Å². The van der Waals surface area contributed by atoms with Crippen LogP contribution in [0.25, 0.3) is 0 Å². The van der Waals surface area contributed by atoms with Crippen LogP contribution in [-0.2, 0) is 13.1 Å². The number of hydrogen-bond donors (Lipinski definition) is 1. The fourth-order valence-electron chi connectivity index (χ4n) is 1.77. The van der Waals surface area contributed by atoms with Crippen molar-refractivity contribution in [2.24, 2.45) is 0 Å². The molecular formula is C13H15F2N3. The Morgan fingerprint density at radius 1 is 1.39 bits per heavy atom. The number of hydrogen-bond acceptors (Lipinski definition) is 2. The van der Waals surface area contributed by atoms with E-state index < -0.39 is 6.67 Å². The van der Waals surface area contributed by atoms with Gasteiger partial charge in [0.25, 0.3) is 0 Å². The van der Waals surface area contributed by atoms with E-state index in [-0.39, 0.29) is 12.4 Å². The molecule has 2 aromatic rings. The summed E-state index contributed by atoms with van der Waals surface area (Å²) in [6.45, 7) is 2.20. The summed E-state index contributed by atoms with van der Waals surface area (Å²) in [7, 11) is 0. The minimum atomic E-state index is -0.439. The zero-order chi connectivity index (χ0) is 13.0. The third kappa shape index (κ3) is 2.85. The average molecular weight is 251 g/mol. The predicted octanol–water partition coefficient (Wildman–Crippen LogP) is 2.91. The second kappa shape index (κ2) is 5.62. The molecule has 0 saturated carbocycles. The van der Waals surface area contributed by atoms with Crippen molar-refractivity contribution in [1.29, 1.82) is 0 Å². The van der Waals surface area contributed by atoms with Crippen LogP contribution < -0.4 is 5.32 Å². The van der Waals surface area contributed by atoms with Gasteiger partial charge in [0.15, 0.2) is 0 Å². The Morgan fingerprint density at radius 3 is 2.94 bits per heavy atom. The normalized spacial score (nSPS) is 10.6. The van der Waals surface area contributed by atoms with Crippen LogP contribution in [0.2, 0.25) is 0 Å². The third-order valence-electron chi connectivity index (χ3n) is 2.77. The number of aromatic nitrogens is 2. The molecule has 0 radical (unpaired) electrons. The van der Waals surface area contributed by atoms with Crippen molar-refractivity contribution in [3.63, 3.8) is 0 Å². The third-order valence-corrected chi connectivity index (χ3v) is 2.77. The smallest absolute Gasteiger partial charge is 0.123 e. The Kier molecular flexibility index (Phi) is 3.92. The van der Waals surface area contributed by atoms with Gasteiger partial charge in [-0.05, 0) is 24.6 Å². The zero-order valence-electron chi connectivity index (χ0n) is 10.2. The van der Waals surface area contributed by atoms with Gasteiger partial charge in [-0.2, -0.15) is 5.10 Å². The van der Waals surface area contributed by atoms with E-state index in [1.165, 1.54) is 12.1 Å². The molecule has 0 bridgehead atoms. The standard InChI is InChI=1S/C13H15F2N3/c1-10-13(9-17-18(10)6-5-14)16-8-11-3-2-4-12(15)7-11/h2-4,7,9,16H,5-6,8H2,1H3. The number of rotatable bonds is 5. The van der Waals surface area contributed by atoms with Crippen LogP contribution >= 0.6 is 0 Å². The highest BCUT2D eigenvalue weighted by Gasteiger charge is 2.05. The molecule has 0 atom stereocenters. The second-order valence-electron chi connectivity index (χ2n) is 4.04. The molecule has 3 nitrogen and oxygen atoms in total. The summed E-state index contributed by atoms with van der Waals surface area (Å²) in [6, 6.07) is 6.41. The van der Waals surface area contributed by atoms with E-state index in [2.05, 4.69) is 10.4 Å². The Balaban J connectivity index is 2.02. The molecular weight excluding hydrogens is 236 g/mol. The molecule has 0 spiro atoms. The molecule has 0 amide bonds. The Bertz CT molecular complexity index is 523. The van der Waals surface area contributed by atoms with Crippen molar-refractivity contribution in [3.8, 4) is 0 Å². The van der Waals surface area contributed by atoms with Crippen LogP contribution in [0.15, 0.2) is 30.5 Å². The molecule has 0 unspecified atom stereocenters. The number of alkyl halides is 1. The van der Waals surface area contributed by atoms with E-state index in [0.717, 1.165) is 16.9 Å². The molecule has 2 rings (SSSR count). The van der Waals surface area contributed by atoms with Gasteiger partial charge in [0.05, 0.1) is 24.1 Å². The van der Waals surface area contributed by atoms with Crippen molar-refractivity contribution in [1.82, 2.24) is 9.78 Å². The Hall–Kier alpha value is -1.91. The summed E-state index contributed by atoms with van der Waals surface area (Å²) < 4.78 is 26.8. The summed E-state index contributed by atoms with van der Waals surface area (Å²) in [5.41, 5.74) is 2.57. The minimum absolute atomic E-state index is 0.251. The number of nitrogens with zero attached hydrogens (tertiary/aromatic N) is 2. The SMILES string of the molecule is Cc1c(NCc2cccc(F)c2)cnn1CCF. The lowest BCUT2D eigenvalue weighted by molar-refractivity contribution is 0.423. The van der Waals surface area contributed by atoms with Crippen molar-refractivity contribution >= 4 is 5.69 Å². The minimum Gasteiger partial charge on any atom is -0.378 e. The largest absolute Gasteiger partial charge is 0.378 e. The van der Waals surface area contributed by atoms with E-state index in [1.807, 2.05) is 13.0 Å². The molecule has 0 aliphatic rings. The van der Waals surface area contributed by atoms with Crippen LogP contribution in [0, 0.1) is 12.7 Å². The van der Waals surface area contributed by atoms with Crippen LogP contribution in [0.4, 0.5) is 14.5 Å². The highest BCUT2D eigenvalue weighted by atomic mass is 19.1. The molecule has 1 N–H and O–H groups in total. The maximum atomic E-state index is 13.0. The second-order valence-corrected chi connectivity index (χ2v) is 4.04. The lowest BCUT2D eigenvalue weighted by atomic mass is 10.2. The first-order valence-electron chi connectivity index (χ1n) is 5.77. The number of benzene rings is 1. The Labute approximate surface area is 104 Å². The molecule has 0 fully saturated rings. The van der Waals surface area contributed by atoms with E-state index in [1.54, 1.807) is 16.9 Å². The van der Waals surface area contributed by atoms with Gasteiger partial charge in [-0.3, -0.25) is 4.68 Å². The summed E-state index contributed by atoms with van der Waals surface area (Å²) in [6.07, 6.45) is 1.66. The fraction of sp³-hybridized carbons (Fsp3) is 0.308. The summed E-state index contributed by atoms with van der Waals surface area (Å²) in [5, 5.41) is 7.24. The zero-order valence-corrected chi connectivity index (χ0v) is 10.2. The first kappa shape index (κ1) is 12.5. The predicted molar refractivity (Wildman–Crippen MR) is 66.7 cm³/mol. The monoisotopic (exact) mass is 251 g/mol. The topological polar surface area (TPSA) is 29.9 Å². The molecule has 0 saturated heterocycles. The lowest BCUT2D eigenvalue weighted by Gasteiger charge is -2.06. The fourth-order valence-corrected chi connectivity index (χ4v) is 1.77. The van der Waals surface area contributed by atoms with Gasteiger partial charge in [0.2, 0.25) is 0 Å². The molecule has 0 aliphatic heterocycles. The maximum absolute atomic E-state index is 13.0. The molecule has 1 aromatic carbocycles. The average Bonchev–Trinajstić information content (AvgIpc) is 2.69. The Morgan fingerprint density at radius 2 is 2.22 bits per heavy atom. The van der Waals surface area contributed by atoms with Gasteiger partial charge >= 0.3 is 0 Å². The van der Waals surface area contributed by atoms with Crippen LogP contribution in [0.5, 0.6) is 0 Å². The van der Waals surface area contributed by atoms with Gasteiger partial charge in [-0.15, -0.1) is 0 Å². The number of aryl methyl sites for hydroxylation is 1.